The van der Waals surface area contributed by atoms with Crippen molar-refractivity contribution in [2.75, 3.05) is 7.05 Å². The summed E-state index contributed by atoms with van der Waals surface area (Å²) < 4.78 is 9.78. The average Bonchev–Trinajstić information content (AvgIpc) is 3.22. The van der Waals surface area contributed by atoms with Crippen molar-refractivity contribution in [2.45, 2.75) is 13.3 Å². The molecule has 26 heavy (non-hydrogen) atoms. The second-order valence-electron chi connectivity index (χ2n) is 5.67. The van der Waals surface area contributed by atoms with E-state index in [2.05, 4.69) is 26.1 Å². The maximum atomic E-state index is 12.8. The molecule has 0 unspecified atom stereocenters. The van der Waals surface area contributed by atoms with Gasteiger partial charge in [-0.1, -0.05) is 11.6 Å². The van der Waals surface area contributed by atoms with Crippen molar-refractivity contribution in [2.24, 2.45) is 7.05 Å². The van der Waals surface area contributed by atoms with Crippen molar-refractivity contribution in [3.63, 3.8) is 0 Å². The molecule has 9 heteroatoms. The number of aryl methyl sites for hydroxylation is 1. The lowest BCUT2D eigenvalue weighted by Crippen LogP contribution is -2.30. The third-order valence-electron chi connectivity index (χ3n) is 3.85. The molecule has 0 aliphatic rings. The van der Waals surface area contributed by atoms with E-state index < -0.39 is 0 Å². The first-order valence-corrected chi connectivity index (χ1v) is 8.95. The summed E-state index contributed by atoms with van der Waals surface area (Å²) in [4.78, 5) is 14.4. The molecular formula is C17H17BrClN5O2. The van der Waals surface area contributed by atoms with Crippen LogP contribution in [-0.4, -0.2) is 37.4 Å². The first-order chi connectivity index (χ1) is 12.5. The van der Waals surface area contributed by atoms with Gasteiger partial charge in [0.05, 0.1) is 22.9 Å². The summed E-state index contributed by atoms with van der Waals surface area (Å²) in [6, 6.07) is 8.68. The monoisotopic (exact) mass is 437 g/mol. The van der Waals surface area contributed by atoms with E-state index in [0.29, 0.717) is 23.0 Å². The molecule has 7 nitrogen and oxygen atoms in total. The summed E-state index contributed by atoms with van der Waals surface area (Å²) >= 11 is 9.31. The summed E-state index contributed by atoms with van der Waals surface area (Å²) in [6.07, 6.45) is 3.28. The maximum Gasteiger partial charge on any atom is 0.272 e. The molecule has 2 aromatic heterocycles. The van der Waals surface area contributed by atoms with Crippen molar-refractivity contribution < 1.29 is 9.53 Å². The summed E-state index contributed by atoms with van der Waals surface area (Å²) in [5.74, 6) is 0.491. The summed E-state index contributed by atoms with van der Waals surface area (Å²) in [5.41, 5.74) is 1.35. The standard InChI is InChI=1S/C17H17BrClN5O2/c1-22(10-16-14(18)9-21-23(16)2)17(25)15-7-8-20-24(15)11-26-13-5-3-12(19)4-6-13/h3-9H,10-11H2,1-2H3. The highest BCUT2D eigenvalue weighted by atomic mass is 79.9. The lowest BCUT2D eigenvalue weighted by atomic mass is 10.3. The molecule has 0 radical (unpaired) electrons. The molecule has 3 rings (SSSR count). The molecule has 0 aliphatic carbocycles. The Bertz CT molecular complexity index is 887. The number of hydrogen-bond acceptors (Lipinski definition) is 4. The van der Waals surface area contributed by atoms with Crippen LogP contribution in [0.2, 0.25) is 5.02 Å². The Morgan fingerprint density at radius 2 is 2.00 bits per heavy atom. The van der Waals surface area contributed by atoms with Crippen molar-refractivity contribution in [3.05, 3.63) is 63.6 Å². The van der Waals surface area contributed by atoms with Gasteiger partial charge in [0.2, 0.25) is 0 Å². The van der Waals surface area contributed by atoms with Crippen LogP contribution in [0.25, 0.3) is 0 Å². The quantitative estimate of drug-likeness (QED) is 0.592. The number of rotatable bonds is 6. The number of nitrogens with zero attached hydrogens (tertiary/aromatic N) is 5. The fourth-order valence-electron chi connectivity index (χ4n) is 2.39. The fourth-order valence-corrected chi connectivity index (χ4v) is 2.99. The summed E-state index contributed by atoms with van der Waals surface area (Å²) in [7, 11) is 3.57. The number of carbonyl (C=O) groups excluding carboxylic acids is 1. The van der Waals surface area contributed by atoms with Gasteiger partial charge in [-0.2, -0.15) is 10.2 Å². The molecule has 0 bridgehead atoms. The molecule has 136 valence electrons. The molecule has 2 heterocycles. The van der Waals surface area contributed by atoms with E-state index in [4.69, 9.17) is 16.3 Å². The number of aromatic nitrogens is 4. The van der Waals surface area contributed by atoms with Gasteiger partial charge in [-0.25, -0.2) is 4.68 Å². The number of halogens is 2. The highest BCUT2D eigenvalue weighted by molar-refractivity contribution is 9.10. The molecule has 0 aliphatic heterocycles. The van der Waals surface area contributed by atoms with Crippen molar-refractivity contribution in [1.29, 1.82) is 0 Å². The minimum absolute atomic E-state index is 0.124. The number of carbonyl (C=O) groups is 1. The van der Waals surface area contributed by atoms with Gasteiger partial charge in [-0.05, 0) is 46.3 Å². The molecule has 0 saturated carbocycles. The average molecular weight is 439 g/mol. The number of ether oxygens (including phenoxy) is 1. The van der Waals surface area contributed by atoms with E-state index in [0.717, 1.165) is 10.2 Å². The van der Waals surface area contributed by atoms with Gasteiger partial charge >= 0.3 is 0 Å². The van der Waals surface area contributed by atoms with Crippen LogP contribution in [0.15, 0.2) is 47.2 Å². The van der Waals surface area contributed by atoms with Gasteiger partial charge in [0.25, 0.3) is 5.91 Å². The third kappa shape index (κ3) is 4.08. The zero-order chi connectivity index (χ0) is 18.7. The van der Waals surface area contributed by atoms with Crippen LogP contribution in [0.5, 0.6) is 5.75 Å². The SMILES string of the molecule is CN(Cc1c(Br)cnn1C)C(=O)c1ccnn1COc1ccc(Cl)cc1. The lowest BCUT2D eigenvalue weighted by Gasteiger charge is -2.18. The lowest BCUT2D eigenvalue weighted by molar-refractivity contribution is 0.0759. The van der Waals surface area contributed by atoms with E-state index in [1.807, 2.05) is 7.05 Å². The molecule has 0 atom stereocenters. The van der Waals surface area contributed by atoms with Crippen molar-refractivity contribution in [3.8, 4) is 5.75 Å². The second-order valence-corrected chi connectivity index (χ2v) is 6.96. The third-order valence-corrected chi connectivity index (χ3v) is 4.76. The smallest absolute Gasteiger partial charge is 0.272 e. The Hall–Kier alpha value is -2.32. The van der Waals surface area contributed by atoms with Crippen molar-refractivity contribution >= 4 is 33.4 Å². The van der Waals surface area contributed by atoms with Crippen LogP contribution in [0, 0.1) is 0 Å². The second kappa shape index (κ2) is 7.92. The van der Waals surface area contributed by atoms with Gasteiger partial charge in [0.15, 0.2) is 6.73 Å². The van der Waals surface area contributed by atoms with Gasteiger partial charge in [0.1, 0.15) is 11.4 Å². The molecule has 3 aromatic rings. The molecule has 0 spiro atoms. The topological polar surface area (TPSA) is 65.2 Å². The van der Waals surface area contributed by atoms with Crippen LogP contribution in [0.4, 0.5) is 0 Å². The zero-order valence-corrected chi connectivity index (χ0v) is 16.6. The van der Waals surface area contributed by atoms with Gasteiger partial charge in [-0.3, -0.25) is 9.48 Å². The predicted octanol–water partition coefficient (Wildman–Crippen LogP) is 3.34. The van der Waals surface area contributed by atoms with E-state index in [9.17, 15) is 4.79 Å². The van der Waals surface area contributed by atoms with Crippen LogP contribution >= 0.6 is 27.5 Å². The van der Waals surface area contributed by atoms with Crippen LogP contribution in [0.1, 0.15) is 16.2 Å². The van der Waals surface area contributed by atoms with Crippen LogP contribution in [-0.2, 0) is 20.3 Å². The zero-order valence-electron chi connectivity index (χ0n) is 14.3. The Labute approximate surface area is 164 Å². The molecular weight excluding hydrogens is 422 g/mol. The number of hydrogen-bond donors (Lipinski definition) is 0. The van der Waals surface area contributed by atoms with Crippen LogP contribution in [0.3, 0.4) is 0 Å². The summed E-state index contributed by atoms with van der Waals surface area (Å²) in [6.45, 7) is 0.540. The Morgan fingerprint density at radius 3 is 2.65 bits per heavy atom. The van der Waals surface area contributed by atoms with E-state index in [-0.39, 0.29) is 12.6 Å². The Morgan fingerprint density at radius 1 is 1.27 bits per heavy atom. The molecule has 0 N–H and O–H groups in total. The van der Waals surface area contributed by atoms with Crippen molar-refractivity contribution in [1.82, 2.24) is 24.5 Å². The predicted molar refractivity (Wildman–Crippen MR) is 101 cm³/mol. The normalized spacial score (nSPS) is 10.8. The number of benzene rings is 1. The van der Waals surface area contributed by atoms with Crippen LogP contribution < -0.4 is 4.74 Å². The van der Waals surface area contributed by atoms with E-state index in [1.165, 1.54) is 4.68 Å². The maximum absolute atomic E-state index is 12.8. The van der Waals surface area contributed by atoms with Gasteiger partial charge < -0.3 is 9.64 Å². The minimum Gasteiger partial charge on any atom is -0.471 e. The summed E-state index contributed by atoms with van der Waals surface area (Å²) in [5, 5.41) is 8.97. The Balaban J connectivity index is 1.68. The van der Waals surface area contributed by atoms with E-state index >= 15 is 0 Å². The Kier molecular flexibility index (Phi) is 5.63. The highest BCUT2D eigenvalue weighted by Gasteiger charge is 2.19. The molecule has 1 amide bonds. The van der Waals surface area contributed by atoms with Gasteiger partial charge in [-0.15, -0.1) is 0 Å². The van der Waals surface area contributed by atoms with Gasteiger partial charge in [0, 0.05) is 25.3 Å². The first kappa shape index (κ1) is 18.5. The highest BCUT2D eigenvalue weighted by Crippen LogP contribution is 2.18. The van der Waals surface area contributed by atoms with E-state index in [1.54, 1.807) is 59.4 Å². The first-order valence-electron chi connectivity index (χ1n) is 7.77. The molecule has 0 fully saturated rings. The fraction of sp³-hybridized carbons (Fsp3) is 0.235. The number of amides is 1. The minimum atomic E-state index is -0.157. The molecule has 0 saturated heterocycles. The largest absolute Gasteiger partial charge is 0.471 e. The molecule has 1 aromatic carbocycles.